The molecule has 0 aliphatic rings. The van der Waals surface area contributed by atoms with Crippen LogP contribution >= 0.6 is 0 Å². The summed E-state index contributed by atoms with van der Waals surface area (Å²) in [6.07, 6.45) is 0.958. The van der Waals surface area contributed by atoms with Gasteiger partial charge in [0.25, 0.3) is 0 Å². The van der Waals surface area contributed by atoms with Gasteiger partial charge in [-0.25, -0.2) is 8.42 Å². The van der Waals surface area contributed by atoms with E-state index in [2.05, 4.69) is 0 Å². The highest BCUT2D eigenvalue weighted by atomic mass is 32.2. The zero-order chi connectivity index (χ0) is 18.7. The third kappa shape index (κ3) is 5.29. The summed E-state index contributed by atoms with van der Waals surface area (Å²) in [6.45, 7) is 3.69. The van der Waals surface area contributed by atoms with Crippen LogP contribution in [-0.4, -0.2) is 33.4 Å². The van der Waals surface area contributed by atoms with E-state index in [1.165, 1.54) is 16.4 Å². The maximum Gasteiger partial charge on any atom is 0.306 e. The number of hydrogen-bond donors (Lipinski definition) is 0. The molecule has 0 amide bonds. The Morgan fingerprint density at radius 2 is 1.60 bits per heavy atom. The molecule has 0 aliphatic carbocycles. The first-order valence-electron chi connectivity index (χ1n) is 7.65. The quantitative estimate of drug-likeness (QED) is 0.687. The molecule has 0 atom stereocenters. The fourth-order valence-corrected chi connectivity index (χ4v) is 4.42. The molecule has 2 rings (SSSR count). The highest BCUT2D eigenvalue weighted by molar-refractivity contribution is 7.89. The maximum atomic E-state index is 12.9. The molecule has 0 fully saturated rings. The van der Waals surface area contributed by atoms with E-state index in [1.54, 1.807) is 56.3 Å². The molecule has 0 heterocycles. The van der Waals surface area contributed by atoms with Gasteiger partial charge in [0.1, 0.15) is 5.75 Å². The second kappa shape index (κ2) is 7.55. The lowest BCUT2D eigenvalue weighted by atomic mass is 10.2. The third-order valence-electron chi connectivity index (χ3n) is 3.41. The number of nitrogens with zero attached hydrogens (tertiary/aromatic N) is 1. The van der Waals surface area contributed by atoms with Gasteiger partial charge in [0.15, 0.2) is 0 Å². The monoisotopic (exact) mass is 383 g/mol. The zero-order valence-electron chi connectivity index (χ0n) is 14.3. The summed E-state index contributed by atoms with van der Waals surface area (Å²) in [7, 11) is -7.31. The van der Waals surface area contributed by atoms with Crippen LogP contribution in [0.4, 0.5) is 0 Å². The molecule has 0 bridgehead atoms. The average Bonchev–Trinajstić information content (AvgIpc) is 2.52. The number of hydrogen-bond acceptors (Lipinski definition) is 5. The van der Waals surface area contributed by atoms with Crippen molar-refractivity contribution in [3.63, 3.8) is 0 Å². The molecule has 0 saturated carbocycles. The zero-order valence-corrected chi connectivity index (χ0v) is 15.9. The van der Waals surface area contributed by atoms with Gasteiger partial charge in [-0.05, 0) is 43.7 Å². The summed E-state index contributed by atoms with van der Waals surface area (Å²) in [5.41, 5.74) is 0.634. The first kappa shape index (κ1) is 19.4. The van der Waals surface area contributed by atoms with Gasteiger partial charge in [-0.3, -0.25) is 0 Å². The van der Waals surface area contributed by atoms with Gasteiger partial charge < -0.3 is 4.18 Å². The SMILES string of the molecule is CC(C)N(Cc1cccc(OS(C)(=O)=O)c1)S(=O)(=O)c1ccccc1. The van der Waals surface area contributed by atoms with Crippen LogP contribution in [0.2, 0.25) is 0 Å². The third-order valence-corrected chi connectivity index (χ3v) is 5.94. The largest absolute Gasteiger partial charge is 0.383 e. The molecule has 0 aromatic heterocycles. The maximum absolute atomic E-state index is 12.9. The number of rotatable bonds is 7. The Balaban J connectivity index is 2.33. The molecule has 0 N–H and O–H groups in total. The standard InChI is InChI=1S/C17H21NO5S2/c1-14(2)18(25(21,22)17-10-5-4-6-11-17)13-15-8-7-9-16(12-15)23-24(3,19)20/h4-12,14H,13H2,1-3H3. The molecule has 25 heavy (non-hydrogen) atoms. The van der Waals surface area contributed by atoms with Crippen LogP contribution in [0.25, 0.3) is 0 Å². The fraction of sp³-hybridized carbons (Fsp3) is 0.294. The first-order valence-corrected chi connectivity index (χ1v) is 10.9. The second-order valence-electron chi connectivity index (χ2n) is 5.89. The van der Waals surface area contributed by atoms with E-state index in [0.29, 0.717) is 5.56 Å². The average molecular weight is 383 g/mol. The van der Waals surface area contributed by atoms with Gasteiger partial charge in [0.2, 0.25) is 10.0 Å². The van der Waals surface area contributed by atoms with E-state index in [-0.39, 0.29) is 23.2 Å². The molecular weight excluding hydrogens is 362 g/mol. The van der Waals surface area contributed by atoms with E-state index in [1.807, 2.05) is 0 Å². The molecule has 0 saturated heterocycles. The Labute approximate surface area is 149 Å². The van der Waals surface area contributed by atoms with Gasteiger partial charge in [-0.15, -0.1) is 0 Å². The molecule has 0 aliphatic heterocycles. The normalized spacial score (nSPS) is 12.5. The molecule has 6 nitrogen and oxygen atoms in total. The van der Waals surface area contributed by atoms with Crippen LogP contribution in [0.1, 0.15) is 19.4 Å². The van der Waals surface area contributed by atoms with E-state index in [4.69, 9.17) is 4.18 Å². The highest BCUT2D eigenvalue weighted by Gasteiger charge is 2.27. The summed E-state index contributed by atoms with van der Waals surface area (Å²) < 4.78 is 54.5. The van der Waals surface area contributed by atoms with Crippen LogP contribution in [-0.2, 0) is 26.7 Å². The minimum absolute atomic E-state index is 0.107. The van der Waals surface area contributed by atoms with E-state index >= 15 is 0 Å². The van der Waals surface area contributed by atoms with Crippen molar-refractivity contribution in [2.75, 3.05) is 6.26 Å². The fourth-order valence-electron chi connectivity index (χ4n) is 2.32. The molecular formula is C17H21NO5S2. The Bertz CT molecular complexity index is 923. The van der Waals surface area contributed by atoms with Crippen molar-refractivity contribution in [1.82, 2.24) is 4.31 Å². The molecule has 2 aromatic rings. The molecule has 136 valence electrons. The molecule has 0 unspecified atom stereocenters. The predicted molar refractivity (Wildman–Crippen MR) is 96.2 cm³/mol. The summed E-state index contributed by atoms with van der Waals surface area (Å²) in [4.78, 5) is 0.215. The van der Waals surface area contributed by atoms with Crippen molar-refractivity contribution in [2.45, 2.75) is 31.3 Å². The van der Waals surface area contributed by atoms with E-state index < -0.39 is 20.1 Å². The lowest BCUT2D eigenvalue weighted by molar-refractivity contribution is 0.347. The van der Waals surface area contributed by atoms with Crippen molar-refractivity contribution in [1.29, 1.82) is 0 Å². The molecule has 0 spiro atoms. The number of sulfonamides is 1. The second-order valence-corrected chi connectivity index (χ2v) is 9.36. The topological polar surface area (TPSA) is 80.8 Å². The van der Waals surface area contributed by atoms with Gasteiger partial charge in [-0.2, -0.15) is 12.7 Å². The van der Waals surface area contributed by atoms with Crippen molar-refractivity contribution >= 4 is 20.1 Å². The van der Waals surface area contributed by atoms with Gasteiger partial charge >= 0.3 is 10.1 Å². The highest BCUT2D eigenvalue weighted by Crippen LogP contribution is 2.23. The van der Waals surface area contributed by atoms with Crippen LogP contribution in [0.3, 0.4) is 0 Å². The molecule has 8 heteroatoms. The van der Waals surface area contributed by atoms with Gasteiger partial charge in [0.05, 0.1) is 11.2 Å². The van der Waals surface area contributed by atoms with Crippen LogP contribution in [0, 0.1) is 0 Å². The van der Waals surface area contributed by atoms with Crippen molar-refractivity contribution in [2.24, 2.45) is 0 Å². The van der Waals surface area contributed by atoms with Crippen LogP contribution in [0.5, 0.6) is 5.75 Å². The Kier molecular flexibility index (Phi) is 5.87. The summed E-state index contributed by atoms with van der Waals surface area (Å²) in [5.74, 6) is 0.154. The minimum atomic E-state index is -3.67. The van der Waals surface area contributed by atoms with Crippen molar-refractivity contribution < 1.29 is 21.0 Å². The van der Waals surface area contributed by atoms with Crippen molar-refractivity contribution in [3.8, 4) is 5.75 Å². The molecule has 2 aromatic carbocycles. The number of benzene rings is 2. The Hall–Kier alpha value is -1.90. The minimum Gasteiger partial charge on any atom is -0.383 e. The predicted octanol–water partition coefficient (Wildman–Crippen LogP) is 2.62. The smallest absolute Gasteiger partial charge is 0.306 e. The lowest BCUT2D eigenvalue weighted by Crippen LogP contribution is -2.36. The van der Waals surface area contributed by atoms with E-state index in [9.17, 15) is 16.8 Å². The van der Waals surface area contributed by atoms with Crippen molar-refractivity contribution in [3.05, 3.63) is 60.2 Å². The molecule has 0 radical (unpaired) electrons. The first-order chi connectivity index (χ1) is 11.6. The lowest BCUT2D eigenvalue weighted by Gasteiger charge is -2.26. The van der Waals surface area contributed by atoms with Gasteiger partial charge in [-0.1, -0.05) is 30.3 Å². The van der Waals surface area contributed by atoms with E-state index in [0.717, 1.165) is 6.26 Å². The Morgan fingerprint density at radius 1 is 0.960 bits per heavy atom. The summed E-state index contributed by atoms with van der Waals surface area (Å²) >= 11 is 0. The summed E-state index contributed by atoms with van der Waals surface area (Å²) in [5, 5.41) is 0. The summed E-state index contributed by atoms with van der Waals surface area (Å²) in [6, 6.07) is 14.3. The van der Waals surface area contributed by atoms with Crippen LogP contribution in [0.15, 0.2) is 59.5 Å². The van der Waals surface area contributed by atoms with Crippen LogP contribution < -0.4 is 4.18 Å². The Morgan fingerprint density at radius 3 is 2.16 bits per heavy atom. The van der Waals surface area contributed by atoms with Gasteiger partial charge in [0, 0.05) is 12.6 Å².